The number of rotatable bonds is 17. The number of halogens is 1. The quantitative estimate of drug-likeness (QED) is 0.0566. The molecule has 5 aromatic carbocycles. The number of carbonyl (C=O) groups is 11. The second-order valence-electron chi connectivity index (χ2n) is 26.2. The number of primary amides is 1. The van der Waals surface area contributed by atoms with Gasteiger partial charge in [0.25, 0.3) is 0 Å². The van der Waals surface area contributed by atoms with E-state index in [0.29, 0.717) is 56.9 Å². The van der Waals surface area contributed by atoms with Gasteiger partial charge in [0.15, 0.2) is 0 Å². The fraction of sp³-hybridized carbons (Fsp3) is 0.384. The van der Waals surface area contributed by atoms with Crippen LogP contribution in [0.4, 0.5) is 4.39 Å². The van der Waals surface area contributed by atoms with E-state index in [-0.39, 0.29) is 55.8 Å². The Balaban J connectivity index is 1.10. The van der Waals surface area contributed by atoms with Crippen molar-refractivity contribution in [2.45, 2.75) is 112 Å². The average Bonchev–Trinajstić information content (AvgIpc) is 1.54. The van der Waals surface area contributed by atoms with Crippen LogP contribution in [0.3, 0.4) is 0 Å². The van der Waals surface area contributed by atoms with Gasteiger partial charge in [-0.2, -0.15) is 0 Å². The Morgan fingerprint density at radius 3 is 1.79 bits per heavy atom. The van der Waals surface area contributed by atoms with Crippen LogP contribution in [-0.4, -0.2) is 235 Å². The third-order valence-corrected chi connectivity index (χ3v) is 19.9. The highest BCUT2D eigenvalue weighted by Gasteiger charge is 2.45. The van der Waals surface area contributed by atoms with E-state index in [9.17, 15) is 48.8 Å². The van der Waals surface area contributed by atoms with Gasteiger partial charge in [0.1, 0.15) is 77.7 Å². The van der Waals surface area contributed by atoms with Crippen molar-refractivity contribution in [2.24, 2.45) is 17.4 Å². The summed E-state index contributed by atoms with van der Waals surface area (Å²) in [6, 6.07) is 15.4. The minimum absolute atomic E-state index is 0.123. The van der Waals surface area contributed by atoms with Crippen LogP contribution in [-0.2, 0) is 84.8 Å². The van der Waals surface area contributed by atoms with Crippen LogP contribution in [0.1, 0.15) is 47.1 Å². The van der Waals surface area contributed by atoms with Gasteiger partial charge in [-0.05, 0) is 108 Å². The third-order valence-electron chi connectivity index (χ3n) is 18.9. The maximum Gasteiger partial charge on any atom is 0.247 e. The summed E-state index contributed by atoms with van der Waals surface area (Å²) in [7, 11) is 5.02. The lowest BCUT2D eigenvalue weighted by molar-refractivity contribution is -0.150. The summed E-state index contributed by atoms with van der Waals surface area (Å²) < 4.78 is 14.1. The summed E-state index contributed by atoms with van der Waals surface area (Å²) in [5.74, 6) is -12.3. The third kappa shape index (κ3) is 19.6. The maximum absolute atomic E-state index is 15.5. The van der Waals surface area contributed by atoms with Gasteiger partial charge < -0.3 is 93.4 Å². The van der Waals surface area contributed by atoms with Crippen molar-refractivity contribution in [2.75, 3.05) is 59.5 Å². The molecule has 0 unspecified atom stereocenters. The van der Waals surface area contributed by atoms with E-state index < -0.39 is 163 Å². The summed E-state index contributed by atoms with van der Waals surface area (Å²) in [5.41, 5.74) is 15.9. The summed E-state index contributed by atoms with van der Waals surface area (Å²) >= 11 is 0.867. The number of amides is 11. The fourth-order valence-corrected chi connectivity index (χ4v) is 13.5. The van der Waals surface area contributed by atoms with E-state index in [4.69, 9.17) is 11.5 Å². The Hall–Kier alpha value is -10.9. The number of para-hydroxylation sites is 1. The summed E-state index contributed by atoms with van der Waals surface area (Å²) in [6.07, 6.45) is 2.99. The number of aryl methyl sites for hydroxylation is 1. The van der Waals surface area contributed by atoms with Crippen molar-refractivity contribution < 1.29 is 77.6 Å². The predicted molar refractivity (Wildman–Crippen MR) is 383 cm³/mol. The van der Waals surface area contributed by atoms with Gasteiger partial charge in [0.2, 0.25) is 65.0 Å². The molecule has 0 radical (unpaired) electrons. The number of hydrogen-bond donors (Lipinski definition) is 14. The van der Waals surface area contributed by atoms with Gasteiger partial charge >= 0.3 is 0 Å². The Morgan fingerprint density at radius 1 is 0.596 bits per heavy atom. The molecule has 104 heavy (non-hydrogen) atoms. The molecular formula is C73H87FN14O15S. The van der Waals surface area contributed by atoms with Crippen LogP contribution >= 0.6 is 11.8 Å². The first-order valence-corrected chi connectivity index (χ1v) is 35.0. The highest BCUT2D eigenvalue weighted by atomic mass is 32.2. The van der Waals surface area contributed by atoms with Crippen molar-refractivity contribution in [3.8, 4) is 11.5 Å². The van der Waals surface area contributed by atoms with Crippen molar-refractivity contribution in [3.63, 3.8) is 0 Å². The first-order chi connectivity index (χ1) is 49.7. The molecule has 2 aromatic heterocycles. The number of carbonyl (C=O) groups excluding carboxylic acids is 11. The van der Waals surface area contributed by atoms with E-state index in [1.165, 1.54) is 88.9 Å². The number of nitrogens with two attached hydrogens (primary N) is 2. The Bertz CT molecular complexity index is 4250. The molecule has 1 aliphatic heterocycles. The number of likely N-dealkylation sites (N-methyl/N-ethyl adjacent to an activating group) is 4. The number of nitrogens with one attached hydrogen (secondary N) is 8. The van der Waals surface area contributed by atoms with Gasteiger partial charge in [0, 0.05) is 100 Å². The lowest BCUT2D eigenvalue weighted by Gasteiger charge is -2.36. The van der Waals surface area contributed by atoms with Crippen LogP contribution in [0.15, 0.2) is 134 Å². The van der Waals surface area contributed by atoms with Crippen molar-refractivity contribution >= 4 is 98.5 Å². The number of aromatic nitrogens is 2. The molecule has 7 aromatic rings. The van der Waals surface area contributed by atoms with Gasteiger partial charge in [-0.25, -0.2) is 4.39 Å². The van der Waals surface area contributed by atoms with Crippen molar-refractivity contribution in [1.82, 2.24) is 61.5 Å². The second-order valence-corrected chi connectivity index (χ2v) is 27.2. The molecule has 16 N–H and O–H groups in total. The number of aromatic hydroxyl groups is 2. The standard InChI is InChI=1S/C73H87FN14O15S/c1-85-58(27-18-40-10-6-5-7-11-40)71(101)87(3)60(37-90)69(99)82-55(31-45-34-78-53-26-25-48(92)32-50(45)53)67(97)81-56(30-44-33-77-52-13-9-8-12-49(44)52)68(98)84-63(43-19-20-43)73(103)88(4)61(72(102)86(2)59(64(76)94)29-42-14-21-46(74)22-15-42)38-104-39-62(93)79-35-51(75)65(95)80-54(28-41-16-23-47(91)24-17-41)66(96)83-57(36-89)70(85)100/h5-17,21-26,32-34,43,51,54-61,63,77-78,89-92H,18-20,27-31,35-39,75H2,1-4H3,(H2,76,94)(H,79,93)(H,80,95)(H,81,97)(H,82,99)(H,83,96)(H,84,98)/t51-,54-,55-,56-,57-,58-,59-,60-,61-,63-/m0/s1. The Kier molecular flexibility index (Phi) is 26.3. The molecule has 0 spiro atoms. The molecule has 10 atom stereocenters. The largest absolute Gasteiger partial charge is 0.508 e. The summed E-state index contributed by atoms with van der Waals surface area (Å²) in [4.78, 5) is 172. The number of fused-ring (bicyclic) bond motifs is 2. The molecule has 0 bridgehead atoms. The normalized spacial score (nSPS) is 22.7. The number of aromatic amines is 2. The highest BCUT2D eigenvalue weighted by molar-refractivity contribution is 8.00. The molecule has 1 aliphatic carbocycles. The summed E-state index contributed by atoms with van der Waals surface area (Å²) in [6.45, 7) is -2.64. The number of H-pyrrole nitrogens is 2. The maximum atomic E-state index is 15.5. The Labute approximate surface area is 602 Å². The van der Waals surface area contributed by atoms with Crippen LogP contribution in [0, 0.1) is 11.7 Å². The molecule has 2 fully saturated rings. The molecular weight excluding hydrogens is 1360 g/mol. The highest BCUT2D eigenvalue weighted by Crippen LogP contribution is 2.34. The zero-order valence-corrected chi connectivity index (χ0v) is 58.6. The number of nitrogens with zero attached hydrogens (tertiary/aromatic N) is 4. The van der Waals surface area contributed by atoms with Gasteiger partial charge in [0.05, 0.1) is 19.0 Å². The SMILES string of the molecule is CN1C(=O)[C@H](CO)NC(=O)[C@H](Cc2ccc(O)cc2)NC(=O)[C@@H](N)CNC(=O)CSC[C@@H](C(=O)N(C)[C@@H](Cc2ccc(F)cc2)C(N)=O)N(C)C(=O)[C@H](C2CC2)NC(=O)[C@H](Cc2c[nH]c3ccccc23)NC(=O)[C@H](Cc2c[nH]c3ccc(O)cc23)NC(=O)[C@H](CO)N(C)C(=O)[C@@H]1CCc1ccccc1. The second kappa shape index (κ2) is 35.3. The molecule has 29 nitrogen and oxygen atoms in total. The average molecular weight is 1450 g/mol. The number of aliphatic hydroxyl groups excluding tert-OH is 2. The van der Waals surface area contributed by atoms with Gasteiger partial charge in [-0.1, -0.05) is 72.8 Å². The van der Waals surface area contributed by atoms with E-state index in [1.54, 1.807) is 73.1 Å². The number of thioether (sulfide) groups is 1. The molecule has 11 amide bonds. The smallest absolute Gasteiger partial charge is 0.247 e. The predicted octanol–water partition coefficient (Wildman–Crippen LogP) is -0.0949. The number of phenolic OH excluding ortho intramolecular Hbond substituents is 2. The molecule has 3 heterocycles. The van der Waals surface area contributed by atoms with E-state index >= 15 is 28.8 Å². The van der Waals surface area contributed by atoms with E-state index in [2.05, 4.69) is 41.9 Å². The van der Waals surface area contributed by atoms with Crippen LogP contribution < -0.4 is 43.4 Å². The number of hydrogen-bond acceptors (Lipinski definition) is 17. The lowest BCUT2D eigenvalue weighted by atomic mass is 10.00. The first-order valence-electron chi connectivity index (χ1n) is 33.8. The monoisotopic (exact) mass is 1450 g/mol. The molecule has 1 saturated heterocycles. The van der Waals surface area contributed by atoms with Crippen LogP contribution in [0.25, 0.3) is 21.8 Å². The molecule has 1 saturated carbocycles. The molecule has 552 valence electrons. The molecule has 9 rings (SSSR count). The van der Waals surface area contributed by atoms with Gasteiger partial charge in [-0.3, -0.25) is 52.7 Å². The number of phenols is 2. The lowest BCUT2D eigenvalue weighted by Crippen LogP contribution is -2.62. The first kappa shape index (κ1) is 77.3. The minimum Gasteiger partial charge on any atom is -0.508 e. The van der Waals surface area contributed by atoms with Crippen LogP contribution in [0.5, 0.6) is 11.5 Å². The van der Waals surface area contributed by atoms with E-state index in [0.717, 1.165) is 36.9 Å². The topological polar surface area (TPSA) is 437 Å². The molecule has 2 aliphatic rings. The Morgan fingerprint density at radius 2 is 1.15 bits per heavy atom. The number of benzene rings is 5. The zero-order chi connectivity index (χ0) is 75.1. The minimum atomic E-state index is -1.81. The van der Waals surface area contributed by atoms with Crippen molar-refractivity contribution in [3.05, 3.63) is 167 Å². The zero-order valence-electron chi connectivity index (χ0n) is 57.8. The molecule has 31 heteroatoms. The summed E-state index contributed by atoms with van der Waals surface area (Å²) in [5, 5.41) is 59.9. The van der Waals surface area contributed by atoms with E-state index in [1.807, 2.05) is 0 Å². The fourth-order valence-electron chi connectivity index (χ4n) is 12.5. The van der Waals surface area contributed by atoms with Gasteiger partial charge in [-0.15, -0.1) is 11.8 Å². The van der Waals surface area contributed by atoms with Crippen molar-refractivity contribution in [1.29, 1.82) is 0 Å². The van der Waals surface area contributed by atoms with Crippen LogP contribution in [0.2, 0.25) is 0 Å². The number of aliphatic hydroxyl groups is 2.